The minimum Gasteiger partial charge on any atom is -0.467 e. The molecule has 7 heteroatoms. The predicted octanol–water partition coefficient (Wildman–Crippen LogP) is 4.66. The van der Waals surface area contributed by atoms with E-state index in [0.717, 1.165) is 16.8 Å². The molecule has 0 unspecified atom stereocenters. The highest BCUT2D eigenvalue weighted by Gasteiger charge is 2.35. The quantitative estimate of drug-likeness (QED) is 0.440. The summed E-state index contributed by atoms with van der Waals surface area (Å²) in [4.78, 5) is 17.9. The van der Waals surface area contributed by atoms with E-state index in [9.17, 15) is 4.79 Å². The highest BCUT2D eigenvalue weighted by atomic mass is 35.5. The zero-order chi connectivity index (χ0) is 20.1. The molecule has 2 heterocycles. The zero-order valence-electron chi connectivity index (χ0n) is 15.4. The molecule has 1 aliphatic rings. The topological polar surface area (TPSA) is 67.4 Å². The van der Waals surface area contributed by atoms with Gasteiger partial charge in [0.05, 0.1) is 18.2 Å². The van der Waals surface area contributed by atoms with Crippen LogP contribution in [0.3, 0.4) is 0 Å². The molecule has 146 valence electrons. The first-order chi connectivity index (χ1) is 14.2. The lowest BCUT2D eigenvalue weighted by Crippen LogP contribution is -2.29. The Morgan fingerprint density at radius 3 is 2.69 bits per heavy atom. The SMILES string of the molecule is O=C(CO/N=C\c1ccccc1)N1N=C(c2ccc(Cl)cc2)C[C@H]1c1ccco1. The number of nitrogens with zero attached hydrogens (tertiary/aromatic N) is 3. The number of benzene rings is 2. The van der Waals surface area contributed by atoms with Gasteiger partial charge in [0, 0.05) is 11.4 Å². The molecular weight excluding hydrogens is 390 g/mol. The Morgan fingerprint density at radius 1 is 1.17 bits per heavy atom. The smallest absolute Gasteiger partial charge is 0.284 e. The fourth-order valence-electron chi connectivity index (χ4n) is 3.06. The molecule has 3 aromatic rings. The monoisotopic (exact) mass is 407 g/mol. The second kappa shape index (κ2) is 8.75. The molecule has 0 spiro atoms. The number of furan rings is 1. The number of hydrazone groups is 1. The summed E-state index contributed by atoms with van der Waals surface area (Å²) in [6, 6.07) is 20.2. The first kappa shape index (κ1) is 19.0. The van der Waals surface area contributed by atoms with Crippen molar-refractivity contribution < 1.29 is 14.0 Å². The van der Waals surface area contributed by atoms with Crippen LogP contribution in [-0.2, 0) is 9.63 Å². The summed E-state index contributed by atoms with van der Waals surface area (Å²) in [6.07, 6.45) is 3.68. The normalized spacial score (nSPS) is 16.2. The Bertz CT molecular complexity index is 1020. The standard InChI is InChI=1S/C22H18ClN3O3/c23-18-10-8-17(9-11-18)19-13-20(21-7-4-12-28-21)26(25-19)22(27)15-29-24-14-16-5-2-1-3-6-16/h1-12,14,20H,13,15H2/b24-14-/t20-/m0/s1. The molecule has 0 fully saturated rings. The van der Waals surface area contributed by atoms with E-state index in [-0.39, 0.29) is 18.6 Å². The van der Waals surface area contributed by atoms with Gasteiger partial charge in [-0.25, -0.2) is 5.01 Å². The van der Waals surface area contributed by atoms with Gasteiger partial charge in [0.2, 0.25) is 0 Å². The largest absolute Gasteiger partial charge is 0.467 e. The van der Waals surface area contributed by atoms with Gasteiger partial charge >= 0.3 is 0 Å². The number of hydrogen-bond donors (Lipinski definition) is 0. The van der Waals surface area contributed by atoms with E-state index in [0.29, 0.717) is 17.2 Å². The Kier molecular flexibility index (Phi) is 5.72. The Labute approximate surface area is 173 Å². The van der Waals surface area contributed by atoms with E-state index in [1.54, 1.807) is 30.7 Å². The van der Waals surface area contributed by atoms with Crippen LogP contribution in [-0.4, -0.2) is 29.4 Å². The summed E-state index contributed by atoms with van der Waals surface area (Å²) in [7, 11) is 0. The molecule has 29 heavy (non-hydrogen) atoms. The summed E-state index contributed by atoms with van der Waals surface area (Å²) < 4.78 is 5.53. The Hall–Kier alpha value is -3.38. The summed E-state index contributed by atoms with van der Waals surface area (Å²) in [6.45, 7) is -0.224. The molecule has 0 aliphatic carbocycles. The van der Waals surface area contributed by atoms with Crippen molar-refractivity contribution in [2.24, 2.45) is 10.3 Å². The van der Waals surface area contributed by atoms with Crippen molar-refractivity contribution in [3.63, 3.8) is 0 Å². The number of rotatable bonds is 6. The van der Waals surface area contributed by atoms with Crippen molar-refractivity contribution in [2.75, 3.05) is 6.61 Å². The van der Waals surface area contributed by atoms with Gasteiger partial charge in [-0.15, -0.1) is 0 Å². The van der Waals surface area contributed by atoms with Gasteiger partial charge in [0.15, 0.2) is 6.61 Å². The summed E-state index contributed by atoms with van der Waals surface area (Å²) in [5.74, 6) is 0.361. The summed E-state index contributed by atoms with van der Waals surface area (Å²) >= 11 is 5.97. The number of hydrogen-bond acceptors (Lipinski definition) is 5. The van der Waals surface area contributed by atoms with Crippen LogP contribution in [0.15, 0.2) is 87.7 Å². The number of oxime groups is 1. The highest BCUT2D eigenvalue weighted by molar-refractivity contribution is 6.30. The van der Waals surface area contributed by atoms with Gasteiger partial charge in [-0.1, -0.05) is 59.2 Å². The Morgan fingerprint density at radius 2 is 1.97 bits per heavy atom. The molecule has 0 saturated carbocycles. The maximum atomic E-state index is 12.8. The van der Waals surface area contributed by atoms with Crippen LogP contribution < -0.4 is 0 Å². The molecule has 2 aromatic carbocycles. The van der Waals surface area contributed by atoms with E-state index in [4.69, 9.17) is 20.9 Å². The molecule has 0 saturated heterocycles. The van der Waals surface area contributed by atoms with Gasteiger partial charge in [-0.05, 0) is 35.4 Å². The second-order valence-corrected chi connectivity index (χ2v) is 6.88. The first-order valence-electron chi connectivity index (χ1n) is 9.10. The molecule has 1 amide bonds. The molecule has 1 atom stereocenters. The van der Waals surface area contributed by atoms with Crippen LogP contribution >= 0.6 is 11.6 Å². The third-order valence-electron chi connectivity index (χ3n) is 4.48. The third-order valence-corrected chi connectivity index (χ3v) is 4.73. The van der Waals surface area contributed by atoms with Gasteiger partial charge in [-0.2, -0.15) is 5.10 Å². The maximum absolute atomic E-state index is 12.8. The summed E-state index contributed by atoms with van der Waals surface area (Å²) in [5.41, 5.74) is 2.58. The zero-order valence-corrected chi connectivity index (χ0v) is 16.2. The van der Waals surface area contributed by atoms with E-state index in [2.05, 4.69) is 10.3 Å². The maximum Gasteiger partial charge on any atom is 0.284 e. The van der Waals surface area contributed by atoms with Crippen molar-refractivity contribution in [3.05, 3.63) is 94.9 Å². The van der Waals surface area contributed by atoms with Crippen LogP contribution in [0.4, 0.5) is 0 Å². The lowest BCUT2D eigenvalue weighted by molar-refractivity contribution is -0.138. The minimum absolute atomic E-state index is 0.224. The van der Waals surface area contributed by atoms with E-state index in [1.165, 1.54) is 5.01 Å². The number of amides is 1. The summed E-state index contributed by atoms with van der Waals surface area (Å²) in [5, 5.41) is 10.4. The molecule has 0 bridgehead atoms. The van der Waals surface area contributed by atoms with Crippen molar-refractivity contribution in [2.45, 2.75) is 12.5 Å². The first-order valence-corrected chi connectivity index (χ1v) is 9.48. The highest BCUT2D eigenvalue weighted by Crippen LogP contribution is 2.33. The van der Waals surface area contributed by atoms with Crippen LogP contribution in [0.2, 0.25) is 5.02 Å². The number of carbonyl (C=O) groups excluding carboxylic acids is 1. The van der Waals surface area contributed by atoms with Crippen molar-refractivity contribution in [1.82, 2.24) is 5.01 Å². The van der Waals surface area contributed by atoms with Crippen LogP contribution in [0, 0.1) is 0 Å². The molecule has 1 aliphatic heterocycles. The van der Waals surface area contributed by atoms with Gasteiger partial charge in [0.25, 0.3) is 5.91 Å². The van der Waals surface area contributed by atoms with Crippen molar-refractivity contribution in [1.29, 1.82) is 0 Å². The molecule has 1 aromatic heterocycles. The fourth-order valence-corrected chi connectivity index (χ4v) is 3.18. The molecule has 0 N–H and O–H groups in total. The van der Waals surface area contributed by atoms with Crippen LogP contribution in [0.1, 0.15) is 29.3 Å². The van der Waals surface area contributed by atoms with Crippen molar-refractivity contribution >= 4 is 29.4 Å². The molecule has 4 rings (SSSR count). The average molecular weight is 408 g/mol. The predicted molar refractivity (Wildman–Crippen MR) is 111 cm³/mol. The Balaban J connectivity index is 1.47. The second-order valence-electron chi connectivity index (χ2n) is 6.45. The molecule has 0 radical (unpaired) electrons. The number of carbonyl (C=O) groups is 1. The van der Waals surface area contributed by atoms with Gasteiger partial charge in [0.1, 0.15) is 11.8 Å². The van der Waals surface area contributed by atoms with E-state index >= 15 is 0 Å². The lowest BCUT2D eigenvalue weighted by Gasteiger charge is -2.19. The van der Waals surface area contributed by atoms with Gasteiger partial charge in [-0.3, -0.25) is 4.79 Å². The van der Waals surface area contributed by atoms with E-state index < -0.39 is 0 Å². The van der Waals surface area contributed by atoms with Crippen LogP contribution in [0.5, 0.6) is 0 Å². The third kappa shape index (κ3) is 4.55. The van der Waals surface area contributed by atoms with Crippen molar-refractivity contribution in [3.8, 4) is 0 Å². The minimum atomic E-state index is -0.329. The van der Waals surface area contributed by atoms with Crippen LogP contribution in [0.25, 0.3) is 0 Å². The fraction of sp³-hybridized carbons (Fsp3) is 0.136. The average Bonchev–Trinajstić information content (AvgIpc) is 3.42. The molecular formula is C22H18ClN3O3. The molecule has 6 nitrogen and oxygen atoms in total. The lowest BCUT2D eigenvalue weighted by atomic mass is 10.0. The number of halogens is 1. The van der Waals surface area contributed by atoms with Gasteiger partial charge < -0.3 is 9.25 Å². The van der Waals surface area contributed by atoms with E-state index in [1.807, 2.05) is 48.5 Å².